The van der Waals surface area contributed by atoms with Crippen LogP contribution in [0, 0.1) is 0 Å². The maximum absolute atomic E-state index is 12.0. The van der Waals surface area contributed by atoms with Crippen LogP contribution in [0.3, 0.4) is 0 Å². The molecule has 0 spiro atoms. The van der Waals surface area contributed by atoms with Crippen molar-refractivity contribution in [2.24, 2.45) is 0 Å². The number of hydrogen-bond acceptors (Lipinski definition) is 1. The molecule has 1 saturated heterocycles. The molecule has 1 rings (SSSR count). The van der Waals surface area contributed by atoms with E-state index in [9.17, 15) is 9.18 Å². The summed E-state index contributed by atoms with van der Waals surface area (Å²) >= 11 is 0. The van der Waals surface area contributed by atoms with Crippen LogP contribution < -0.4 is 0 Å². The predicted molar refractivity (Wildman–Crippen MR) is 31.4 cm³/mol. The summed E-state index contributed by atoms with van der Waals surface area (Å²) in [5.74, 6) is -1.41. The van der Waals surface area contributed by atoms with E-state index >= 15 is 0 Å². The summed E-state index contributed by atoms with van der Waals surface area (Å²) < 4.78 is 12.0. The summed E-state index contributed by atoms with van der Waals surface area (Å²) in [5.41, 5.74) is 0. The van der Waals surface area contributed by atoms with Crippen molar-refractivity contribution >= 4 is 5.91 Å². The third-order valence-corrected chi connectivity index (χ3v) is 1.38. The molecule has 1 amide bonds. The number of likely N-dealkylation sites (tertiary alicyclic amines) is 1. The zero-order valence-corrected chi connectivity index (χ0v) is 5.06. The molecule has 0 aromatic carbocycles. The average molecular weight is 129 g/mol. The number of rotatable bonds is 1. The first-order valence-electron chi connectivity index (χ1n) is 2.85. The van der Waals surface area contributed by atoms with Gasteiger partial charge in [0.2, 0.25) is 0 Å². The van der Waals surface area contributed by atoms with E-state index in [2.05, 4.69) is 6.58 Å². The van der Waals surface area contributed by atoms with E-state index in [-0.39, 0.29) is 0 Å². The Morgan fingerprint density at radius 3 is 2.22 bits per heavy atom. The van der Waals surface area contributed by atoms with Gasteiger partial charge in [-0.15, -0.1) is 0 Å². The van der Waals surface area contributed by atoms with E-state index in [1.165, 1.54) is 4.90 Å². The first kappa shape index (κ1) is 6.26. The second kappa shape index (κ2) is 2.17. The Balaban J connectivity index is 2.42. The van der Waals surface area contributed by atoms with Crippen LogP contribution in [0.25, 0.3) is 0 Å². The molecule has 1 aliphatic heterocycles. The first-order chi connectivity index (χ1) is 4.22. The third kappa shape index (κ3) is 1.09. The van der Waals surface area contributed by atoms with Crippen LogP contribution >= 0.6 is 0 Å². The highest BCUT2D eigenvalue weighted by molar-refractivity contribution is 5.90. The summed E-state index contributed by atoms with van der Waals surface area (Å²) in [6, 6.07) is 0. The first-order valence-corrected chi connectivity index (χ1v) is 2.85. The van der Waals surface area contributed by atoms with Gasteiger partial charge in [0.15, 0.2) is 5.83 Å². The minimum Gasteiger partial charge on any atom is -0.337 e. The van der Waals surface area contributed by atoms with Crippen molar-refractivity contribution in [1.29, 1.82) is 0 Å². The minimum absolute atomic E-state index is 0.554. The molecule has 0 atom stereocenters. The Morgan fingerprint density at radius 2 is 2.11 bits per heavy atom. The van der Waals surface area contributed by atoms with Crippen LogP contribution in [-0.4, -0.2) is 23.9 Å². The van der Waals surface area contributed by atoms with Gasteiger partial charge < -0.3 is 4.90 Å². The van der Waals surface area contributed by atoms with Crippen molar-refractivity contribution < 1.29 is 9.18 Å². The van der Waals surface area contributed by atoms with E-state index in [0.717, 1.165) is 6.42 Å². The van der Waals surface area contributed by atoms with Gasteiger partial charge in [0.05, 0.1) is 0 Å². The predicted octanol–water partition coefficient (Wildman–Crippen LogP) is 0.702. The Labute approximate surface area is 53.0 Å². The van der Waals surface area contributed by atoms with Gasteiger partial charge in [-0.2, -0.15) is 0 Å². The lowest BCUT2D eigenvalue weighted by atomic mass is 10.2. The van der Waals surface area contributed by atoms with Gasteiger partial charge in [0, 0.05) is 13.1 Å². The molecule has 0 radical (unpaired) electrons. The standard InChI is InChI=1S/C6H8FNO/c1-5(7)6(9)8-3-2-4-8/h1-4H2. The number of amides is 1. The minimum atomic E-state index is -0.852. The summed E-state index contributed by atoms with van der Waals surface area (Å²) in [4.78, 5) is 12.0. The Hall–Kier alpha value is -0.860. The van der Waals surface area contributed by atoms with Crippen molar-refractivity contribution in [3.05, 3.63) is 12.4 Å². The van der Waals surface area contributed by atoms with E-state index in [1.54, 1.807) is 0 Å². The number of carbonyl (C=O) groups is 1. The van der Waals surface area contributed by atoms with Crippen LogP contribution in [0.4, 0.5) is 4.39 Å². The van der Waals surface area contributed by atoms with Crippen LogP contribution in [0.5, 0.6) is 0 Å². The zero-order valence-electron chi connectivity index (χ0n) is 5.06. The highest BCUT2D eigenvalue weighted by Crippen LogP contribution is 2.09. The summed E-state index contributed by atoms with van der Waals surface area (Å²) in [5, 5.41) is 0. The molecule has 2 nitrogen and oxygen atoms in total. The number of carbonyl (C=O) groups excluding carboxylic acids is 1. The fourth-order valence-corrected chi connectivity index (χ4v) is 0.691. The SMILES string of the molecule is C=C(F)C(=O)N1CCC1. The molecule has 0 bridgehead atoms. The fourth-order valence-electron chi connectivity index (χ4n) is 0.691. The quantitative estimate of drug-likeness (QED) is 0.477. The number of hydrogen-bond donors (Lipinski definition) is 0. The lowest BCUT2D eigenvalue weighted by Crippen LogP contribution is -2.42. The molecule has 9 heavy (non-hydrogen) atoms. The van der Waals surface area contributed by atoms with Gasteiger partial charge in [0.25, 0.3) is 5.91 Å². The maximum Gasteiger partial charge on any atom is 0.281 e. The average Bonchev–Trinajstić information content (AvgIpc) is 1.60. The molecule has 0 aromatic rings. The molecule has 0 aromatic heterocycles. The van der Waals surface area contributed by atoms with E-state index in [0.29, 0.717) is 13.1 Å². The highest BCUT2D eigenvalue weighted by Gasteiger charge is 2.21. The normalized spacial score (nSPS) is 16.8. The van der Waals surface area contributed by atoms with Crippen molar-refractivity contribution in [3.8, 4) is 0 Å². The molecule has 0 aliphatic carbocycles. The van der Waals surface area contributed by atoms with E-state index < -0.39 is 11.7 Å². The Bertz CT molecular complexity index is 151. The van der Waals surface area contributed by atoms with E-state index in [4.69, 9.17) is 0 Å². The van der Waals surface area contributed by atoms with Crippen molar-refractivity contribution in [1.82, 2.24) is 4.90 Å². The van der Waals surface area contributed by atoms with Crippen molar-refractivity contribution in [2.45, 2.75) is 6.42 Å². The molecule has 0 N–H and O–H groups in total. The molecular weight excluding hydrogens is 121 g/mol. The van der Waals surface area contributed by atoms with E-state index in [1.807, 2.05) is 0 Å². The number of halogens is 1. The monoisotopic (exact) mass is 129 g/mol. The molecular formula is C6H8FNO. The van der Waals surface area contributed by atoms with Gasteiger partial charge in [0.1, 0.15) is 0 Å². The number of nitrogens with zero attached hydrogens (tertiary/aromatic N) is 1. The highest BCUT2D eigenvalue weighted by atomic mass is 19.1. The van der Waals surface area contributed by atoms with Crippen molar-refractivity contribution in [3.63, 3.8) is 0 Å². The van der Waals surface area contributed by atoms with Crippen LogP contribution in [0.15, 0.2) is 12.4 Å². The molecule has 1 aliphatic rings. The molecule has 0 saturated carbocycles. The summed E-state index contributed by atoms with van der Waals surface area (Å²) in [7, 11) is 0. The molecule has 0 unspecified atom stereocenters. The maximum atomic E-state index is 12.0. The van der Waals surface area contributed by atoms with Crippen LogP contribution in [-0.2, 0) is 4.79 Å². The van der Waals surface area contributed by atoms with Gasteiger partial charge >= 0.3 is 0 Å². The van der Waals surface area contributed by atoms with Gasteiger partial charge in [-0.1, -0.05) is 6.58 Å². The van der Waals surface area contributed by atoms with Gasteiger partial charge in [-0.3, -0.25) is 4.79 Å². The molecule has 1 heterocycles. The lowest BCUT2D eigenvalue weighted by Gasteiger charge is -2.29. The zero-order chi connectivity index (χ0) is 6.85. The second-order valence-corrected chi connectivity index (χ2v) is 2.05. The van der Waals surface area contributed by atoms with Gasteiger partial charge in [-0.05, 0) is 6.42 Å². The molecule has 1 fully saturated rings. The summed E-state index contributed by atoms with van der Waals surface area (Å²) in [6.07, 6.45) is 0.985. The fraction of sp³-hybridized carbons (Fsp3) is 0.500. The Morgan fingerprint density at radius 1 is 1.56 bits per heavy atom. The largest absolute Gasteiger partial charge is 0.337 e. The molecule has 3 heteroatoms. The van der Waals surface area contributed by atoms with Crippen molar-refractivity contribution in [2.75, 3.05) is 13.1 Å². The summed E-state index contributed by atoms with van der Waals surface area (Å²) in [6.45, 7) is 4.26. The van der Waals surface area contributed by atoms with Crippen LogP contribution in [0.2, 0.25) is 0 Å². The second-order valence-electron chi connectivity index (χ2n) is 2.05. The van der Waals surface area contributed by atoms with Gasteiger partial charge in [-0.25, -0.2) is 4.39 Å². The Kier molecular flexibility index (Phi) is 1.51. The van der Waals surface area contributed by atoms with Crippen LogP contribution in [0.1, 0.15) is 6.42 Å². The molecule has 50 valence electrons. The third-order valence-electron chi connectivity index (χ3n) is 1.38. The lowest BCUT2D eigenvalue weighted by molar-refractivity contribution is -0.131. The topological polar surface area (TPSA) is 20.3 Å². The smallest absolute Gasteiger partial charge is 0.281 e.